The average molecular weight is 310 g/mol. The molecule has 1 aromatic carbocycles. The highest BCUT2D eigenvalue weighted by molar-refractivity contribution is 6.05. The van der Waals surface area contributed by atoms with Gasteiger partial charge in [-0.05, 0) is 30.9 Å². The number of carbonyl (C=O) groups is 1. The molecule has 2 heterocycles. The smallest absolute Gasteiger partial charge is 0.261 e. The lowest BCUT2D eigenvalue weighted by atomic mass is 10.0. The lowest BCUT2D eigenvalue weighted by molar-refractivity contribution is 0.0992. The van der Waals surface area contributed by atoms with Crippen LogP contribution in [-0.2, 0) is 0 Å². The number of benzene rings is 1. The van der Waals surface area contributed by atoms with E-state index in [0.717, 1.165) is 24.7 Å². The van der Waals surface area contributed by atoms with E-state index < -0.39 is 0 Å². The molecule has 5 heteroatoms. The highest BCUT2D eigenvalue weighted by atomic mass is 16.2. The van der Waals surface area contributed by atoms with Gasteiger partial charge in [-0.3, -0.25) is 4.79 Å². The molecule has 1 aliphatic rings. The van der Waals surface area contributed by atoms with Crippen molar-refractivity contribution in [2.45, 2.75) is 19.8 Å². The summed E-state index contributed by atoms with van der Waals surface area (Å²) in [6.07, 6.45) is 5.68. The Hall–Kier alpha value is -2.43. The minimum Gasteiger partial charge on any atom is -0.341 e. The van der Waals surface area contributed by atoms with Crippen LogP contribution in [0.1, 0.15) is 30.1 Å². The number of para-hydroxylation sites is 1. The fourth-order valence-electron chi connectivity index (χ4n) is 2.93. The molecule has 1 fully saturated rings. The molecule has 0 radical (unpaired) electrons. The minimum atomic E-state index is -0.102. The van der Waals surface area contributed by atoms with E-state index in [2.05, 4.69) is 21.8 Å². The normalized spacial score (nSPS) is 17.8. The van der Waals surface area contributed by atoms with Gasteiger partial charge in [0.2, 0.25) is 5.95 Å². The molecule has 0 saturated carbocycles. The fourth-order valence-corrected chi connectivity index (χ4v) is 2.93. The van der Waals surface area contributed by atoms with E-state index in [4.69, 9.17) is 0 Å². The van der Waals surface area contributed by atoms with Gasteiger partial charge in [0.05, 0.1) is 5.56 Å². The molecule has 3 rings (SSSR count). The van der Waals surface area contributed by atoms with Crippen LogP contribution in [0, 0.1) is 5.92 Å². The van der Waals surface area contributed by atoms with E-state index in [1.807, 2.05) is 30.3 Å². The molecule has 0 bridgehead atoms. The first kappa shape index (κ1) is 15.5. The molecule has 1 amide bonds. The Balaban J connectivity index is 1.73. The Bertz CT molecular complexity index is 656. The van der Waals surface area contributed by atoms with Crippen molar-refractivity contribution in [3.8, 4) is 0 Å². The number of hydrogen-bond acceptors (Lipinski definition) is 4. The van der Waals surface area contributed by atoms with Crippen molar-refractivity contribution >= 4 is 17.5 Å². The quantitative estimate of drug-likeness (QED) is 0.874. The van der Waals surface area contributed by atoms with Crippen LogP contribution < -0.4 is 9.80 Å². The van der Waals surface area contributed by atoms with Gasteiger partial charge in [0.25, 0.3) is 5.91 Å². The fraction of sp³-hybridized carbons (Fsp3) is 0.389. The third-order valence-corrected chi connectivity index (χ3v) is 4.27. The highest BCUT2D eigenvalue weighted by Gasteiger charge is 2.20. The number of anilines is 2. The zero-order chi connectivity index (χ0) is 16.2. The van der Waals surface area contributed by atoms with Gasteiger partial charge < -0.3 is 9.80 Å². The predicted molar refractivity (Wildman–Crippen MR) is 91.8 cm³/mol. The largest absolute Gasteiger partial charge is 0.341 e. The van der Waals surface area contributed by atoms with E-state index in [9.17, 15) is 4.79 Å². The number of amides is 1. The van der Waals surface area contributed by atoms with Crippen molar-refractivity contribution in [3.63, 3.8) is 0 Å². The summed E-state index contributed by atoms with van der Waals surface area (Å²) in [5.41, 5.74) is 1.36. The summed E-state index contributed by atoms with van der Waals surface area (Å²) in [5, 5.41) is 0. The minimum absolute atomic E-state index is 0.102. The maximum atomic E-state index is 12.5. The number of piperidine rings is 1. The van der Waals surface area contributed by atoms with Gasteiger partial charge in [0.15, 0.2) is 0 Å². The van der Waals surface area contributed by atoms with Gasteiger partial charge in [0, 0.05) is 38.2 Å². The Morgan fingerprint density at radius 2 is 1.91 bits per heavy atom. The Morgan fingerprint density at radius 1 is 1.22 bits per heavy atom. The van der Waals surface area contributed by atoms with Crippen LogP contribution in [0.15, 0.2) is 42.7 Å². The highest BCUT2D eigenvalue weighted by Crippen LogP contribution is 2.20. The molecule has 1 unspecified atom stereocenters. The first-order valence-electron chi connectivity index (χ1n) is 8.05. The van der Waals surface area contributed by atoms with Crippen LogP contribution in [0.5, 0.6) is 0 Å². The topological polar surface area (TPSA) is 49.3 Å². The predicted octanol–water partition coefficient (Wildman–Crippen LogP) is 2.99. The molecule has 0 spiro atoms. The summed E-state index contributed by atoms with van der Waals surface area (Å²) >= 11 is 0. The monoisotopic (exact) mass is 310 g/mol. The van der Waals surface area contributed by atoms with Crippen LogP contribution in [0.2, 0.25) is 0 Å². The average Bonchev–Trinajstić information content (AvgIpc) is 2.61. The van der Waals surface area contributed by atoms with Crippen LogP contribution in [-0.4, -0.2) is 36.0 Å². The molecule has 1 atom stereocenters. The number of hydrogen-bond donors (Lipinski definition) is 0. The molecular formula is C18H22N4O. The molecule has 120 valence electrons. The van der Waals surface area contributed by atoms with Crippen LogP contribution >= 0.6 is 0 Å². The van der Waals surface area contributed by atoms with Crippen LogP contribution in [0.3, 0.4) is 0 Å². The van der Waals surface area contributed by atoms with Gasteiger partial charge in [-0.25, -0.2) is 9.97 Å². The van der Waals surface area contributed by atoms with Gasteiger partial charge in [-0.15, -0.1) is 0 Å². The standard InChI is InChI=1S/C18H22N4O/c1-14-7-6-10-22(13-14)18-19-11-15(12-20-18)17(23)21(2)16-8-4-3-5-9-16/h3-5,8-9,11-12,14H,6-7,10,13H2,1-2H3. The lowest BCUT2D eigenvalue weighted by Gasteiger charge is -2.30. The second-order valence-electron chi connectivity index (χ2n) is 6.16. The molecule has 5 nitrogen and oxygen atoms in total. The zero-order valence-electron chi connectivity index (χ0n) is 13.6. The van der Waals surface area contributed by atoms with Crippen molar-refractivity contribution < 1.29 is 4.79 Å². The van der Waals surface area contributed by atoms with Crippen molar-refractivity contribution in [1.82, 2.24) is 9.97 Å². The van der Waals surface area contributed by atoms with E-state index >= 15 is 0 Å². The molecule has 0 aliphatic carbocycles. The van der Waals surface area contributed by atoms with Gasteiger partial charge in [-0.2, -0.15) is 0 Å². The third-order valence-electron chi connectivity index (χ3n) is 4.27. The second-order valence-corrected chi connectivity index (χ2v) is 6.16. The molecule has 1 aliphatic heterocycles. The van der Waals surface area contributed by atoms with Crippen molar-refractivity contribution in [3.05, 3.63) is 48.3 Å². The zero-order valence-corrected chi connectivity index (χ0v) is 13.6. The van der Waals surface area contributed by atoms with E-state index in [0.29, 0.717) is 11.5 Å². The molecule has 2 aromatic rings. The Labute approximate surface area is 137 Å². The molecule has 23 heavy (non-hydrogen) atoms. The van der Waals surface area contributed by atoms with Gasteiger partial charge in [-0.1, -0.05) is 25.1 Å². The summed E-state index contributed by atoms with van der Waals surface area (Å²) in [4.78, 5) is 25.1. The molecule has 0 N–H and O–H groups in total. The van der Waals surface area contributed by atoms with Gasteiger partial charge >= 0.3 is 0 Å². The Morgan fingerprint density at radius 3 is 2.57 bits per heavy atom. The SMILES string of the molecule is CC1CCCN(c2ncc(C(=O)N(C)c3ccccc3)cn2)C1. The van der Waals surface area contributed by atoms with Crippen LogP contribution in [0.4, 0.5) is 11.6 Å². The first-order valence-corrected chi connectivity index (χ1v) is 8.05. The number of nitrogens with zero attached hydrogens (tertiary/aromatic N) is 4. The summed E-state index contributed by atoms with van der Waals surface area (Å²) in [6.45, 7) is 4.22. The number of rotatable bonds is 3. The van der Waals surface area contributed by atoms with E-state index in [1.165, 1.54) is 12.8 Å². The lowest BCUT2D eigenvalue weighted by Crippen LogP contribution is -2.35. The summed E-state index contributed by atoms with van der Waals surface area (Å²) in [6, 6.07) is 9.57. The second kappa shape index (κ2) is 6.77. The van der Waals surface area contributed by atoms with Crippen molar-refractivity contribution in [2.75, 3.05) is 29.9 Å². The molecular weight excluding hydrogens is 288 g/mol. The van der Waals surface area contributed by atoms with Crippen molar-refractivity contribution in [1.29, 1.82) is 0 Å². The van der Waals surface area contributed by atoms with Crippen LogP contribution in [0.25, 0.3) is 0 Å². The maximum absolute atomic E-state index is 12.5. The first-order chi connectivity index (χ1) is 11.1. The maximum Gasteiger partial charge on any atom is 0.261 e. The van der Waals surface area contributed by atoms with E-state index in [-0.39, 0.29) is 5.91 Å². The Kier molecular flexibility index (Phi) is 4.55. The molecule has 1 aromatic heterocycles. The van der Waals surface area contributed by atoms with E-state index in [1.54, 1.807) is 24.3 Å². The third kappa shape index (κ3) is 3.50. The number of carbonyl (C=O) groups excluding carboxylic acids is 1. The summed E-state index contributed by atoms with van der Waals surface area (Å²) in [7, 11) is 1.76. The van der Waals surface area contributed by atoms with Gasteiger partial charge in [0.1, 0.15) is 0 Å². The summed E-state index contributed by atoms with van der Waals surface area (Å²) < 4.78 is 0. The summed E-state index contributed by atoms with van der Waals surface area (Å²) in [5.74, 6) is 1.28. The molecule has 1 saturated heterocycles. The number of aromatic nitrogens is 2. The van der Waals surface area contributed by atoms with Crippen molar-refractivity contribution in [2.24, 2.45) is 5.92 Å².